The molecule has 0 amide bonds. The molecule has 0 saturated heterocycles. The van der Waals surface area contributed by atoms with E-state index in [9.17, 15) is 9.90 Å². The molecular formula is C13H17ClO2S. The zero-order valence-electron chi connectivity index (χ0n) is 10.0. The molecule has 1 aromatic carbocycles. The van der Waals surface area contributed by atoms with Gasteiger partial charge >= 0.3 is 5.97 Å². The molecule has 2 unspecified atom stereocenters. The fourth-order valence-electron chi connectivity index (χ4n) is 1.69. The van der Waals surface area contributed by atoms with Gasteiger partial charge in [-0.3, -0.25) is 4.79 Å². The van der Waals surface area contributed by atoms with Crippen molar-refractivity contribution >= 4 is 29.3 Å². The second kappa shape index (κ2) is 6.92. The Labute approximate surface area is 111 Å². The molecule has 0 saturated carbocycles. The Morgan fingerprint density at radius 2 is 2.12 bits per heavy atom. The van der Waals surface area contributed by atoms with Gasteiger partial charge in [0.25, 0.3) is 0 Å². The van der Waals surface area contributed by atoms with Crippen molar-refractivity contribution in [2.75, 3.05) is 0 Å². The first-order valence-electron chi connectivity index (χ1n) is 5.70. The van der Waals surface area contributed by atoms with Gasteiger partial charge in [-0.15, -0.1) is 11.8 Å². The molecule has 0 aliphatic carbocycles. The van der Waals surface area contributed by atoms with Crippen molar-refractivity contribution in [1.29, 1.82) is 0 Å². The molecule has 2 nitrogen and oxygen atoms in total. The van der Waals surface area contributed by atoms with Crippen molar-refractivity contribution in [2.45, 2.75) is 36.8 Å². The van der Waals surface area contributed by atoms with Crippen LogP contribution in [0.25, 0.3) is 0 Å². The molecule has 17 heavy (non-hydrogen) atoms. The maximum absolute atomic E-state index is 11.3. The van der Waals surface area contributed by atoms with Crippen LogP contribution in [0.5, 0.6) is 0 Å². The van der Waals surface area contributed by atoms with Gasteiger partial charge in [-0.2, -0.15) is 0 Å². The molecule has 0 bridgehead atoms. The molecule has 4 heteroatoms. The van der Waals surface area contributed by atoms with E-state index in [1.807, 2.05) is 25.1 Å². The van der Waals surface area contributed by atoms with Gasteiger partial charge in [-0.05, 0) is 24.5 Å². The number of carboxylic acids is 1. The summed E-state index contributed by atoms with van der Waals surface area (Å²) < 4.78 is 0. The summed E-state index contributed by atoms with van der Waals surface area (Å²) in [5.41, 5.74) is 0. The lowest BCUT2D eigenvalue weighted by molar-refractivity contribution is -0.137. The number of benzene rings is 1. The van der Waals surface area contributed by atoms with Gasteiger partial charge in [0.2, 0.25) is 0 Å². The number of carboxylic acid groups (broad SMARTS) is 1. The lowest BCUT2D eigenvalue weighted by atomic mass is 10.0. The van der Waals surface area contributed by atoms with Crippen LogP contribution < -0.4 is 0 Å². The van der Waals surface area contributed by atoms with Gasteiger partial charge in [0.05, 0.1) is 5.02 Å². The van der Waals surface area contributed by atoms with E-state index >= 15 is 0 Å². The molecular weight excluding hydrogens is 256 g/mol. The maximum Gasteiger partial charge on any atom is 0.317 e. The zero-order valence-corrected chi connectivity index (χ0v) is 11.6. The van der Waals surface area contributed by atoms with Crippen LogP contribution in [-0.4, -0.2) is 16.3 Å². The van der Waals surface area contributed by atoms with E-state index in [1.165, 1.54) is 11.8 Å². The molecule has 1 rings (SSSR count). The van der Waals surface area contributed by atoms with Crippen LogP contribution in [0.15, 0.2) is 29.2 Å². The van der Waals surface area contributed by atoms with Crippen LogP contribution in [0.3, 0.4) is 0 Å². The van der Waals surface area contributed by atoms with Gasteiger partial charge in [-0.25, -0.2) is 0 Å². The van der Waals surface area contributed by atoms with Crippen molar-refractivity contribution in [3.05, 3.63) is 29.3 Å². The number of halogens is 1. The molecule has 0 fully saturated rings. The highest BCUT2D eigenvalue weighted by Gasteiger charge is 2.25. The summed E-state index contributed by atoms with van der Waals surface area (Å²) in [7, 11) is 0. The van der Waals surface area contributed by atoms with E-state index in [0.717, 1.165) is 17.7 Å². The van der Waals surface area contributed by atoms with Gasteiger partial charge in [0.1, 0.15) is 5.25 Å². The van der Waals surface area contributed by atoms with Crippen molar-refractivity contribution in [2.24, 2.45) is 5.92 Å². The quantitative estimate of drug-likeness (QED) is 0.784. The molecule has 94 valence electrons. The third-order valence-electron chi connectivity index (χ3n) is 2.59. The van der Waals surface area contributed by atoms with Crippen molar-refractivity contribution in [1.82, 2.24) is 0 Å². The van der Waals surface area contributed by atoms with Gasteiger partial charge in [0.15, 0.2) is 0 Å². The van der Waals surface area contributed by atoms with Crippen LogP contribution in [0, 0.1) is 5.92 Å². The number of hydrogen-bond acceptors (Lipinski definition) is 2. The van der Waals surface area contributed by atoms with E-state index in [0.29, 0.717) is 5.02 Å². The summed E-state index contributed by atoms with van der Waals surface area (Å²) >= 11 is 7.38. The third kappa shape index (κ3) is 4.25. The number of aliphatic carboxylic acids is 1. The topological polar surface area (TPSA) is 37.3 Å². The first kappa shape index (κ1) is 14.4. The average Bonchev–Trinajstić information content (AvgIpc) is 2.27. The molecule has 0 spiro atoms. The Balaban J connectivity index is 2.80. The van der Waals surface area contributed by atoms with Crippen molar-refractivity contribution in [3.63, 3.8) is 0 Å². The summed E-state index contributed by atoms with van der Waals surface area (Å²) in [4.78, 5) is 12.1. The Morgan fingerprint density at radius 3 is 2.65 bits per heavy atom. The van der Waals surface area contributed by atoms with Crippen molar-refractivity contribution in [3.8, 4) is 0 Å². The highest BCUT2D eigenvalue weighted by molar-refractivity contribution is 8.00. The minimum atomic E-state index is -0.768. The minimum absolute atomic E-state index is 0.138. The van der Waals surface area contributed by atoms with E-state index in [-0.39, 0.29) is 5.92 Å². The Morgan fingerprint density at radius 1 is 1.47 bits per heavy atom. The van der Waals surface area contributed by atoms with Crippen LogP contribution in [0.4, 0.5) is 0 Å². The number of rotatable bonds is 6. The zero-order chi connectivity index (χ0) is 12.8. The summed E-state index contributed by atoms with van der Waals surface area (Å²) in [6.07, 6.45) is 1.91. The molecule has 0 heterocycles. The van der Waals surface area contributed by atoms with Crippen LogP contribution >= 0.6 is 23.4 Å². The van der Waals surface area contributed by atoms with Gasteiger partial charge < -0.3 is 5.11 Å². The molecule has 0 aliphatic rings. The number of carbonyl (C=O) groups is 1. The summed E-state index contributed by atoms with van der Waals surface area (Å²) in [5, 5.41) is 9.44. The molecule has 0 aromatic heterocycles. The first-order chi connectivity index (χ1) is 8.06. The van der Waals surface area contributed by atoms with Crippen molar-refractivity contribution < 1.29 is 9.90 Å². The SMILES string of the molecule is CCCC(C)C(Sc1ccccc1Cl)C(=O)O. The Kier molecular flexibility index (Phi) is 5.86. The van der Waals surface area contributed by atoms with E-state index in [2.05, 4.69) is 6.92 Å². The standard InChI is InChI=1S/C13H17ClO2S/c1-3-6-9(2)12(13(15)16)17-11-8-5-4-7-10(11)14/h4-5,7-9,12H,3,6H2,1-2H3,(H,15,16). The number of thioether (sulfide) groups is 1. The van der Waals surface area contributed by atoms with Gasteiger partial charge in [-0.1, -0.05) is 44.0 Å². The fraction of sp³-hybridized carbons (Fsp3) is 0.462. The van der Waals surface area contributed by atoms with E-state index < -0.39 is 11.2 Å². The summed E-state index contributed by atoms with van der Waals surface area (Å²) in [5.74, 6) is -0.630. The first-order valence-corrected chi connectivity index (χ1v) is 6.96. The normalized spacial score (nSPS) is 14.3. The highest BCUT2D eigenvalue weighted by atomic mass is 35.5. The van der Waals surface area contributed by atoms with Crippen LogP contribution in [-0.2, 0) is 4.79 Å². The Hall–Kier alpha value is -0.670. The summed E-state index contributed by atoms with van der Waals surface area (Å²) in [6, 6.07) is 7.37. The summed E-state index contributed by atoms with van der Waals surface area (Å²) in [6.45, 7) is 4.04. The lowest BCUT2D eigenvalue weighted by Crippen LogP contribution is -2.24. The maximum atomic E-state index is 11.3. The minimum Gasteiger partial charge on any atom is -0.480 e. The average molecular weight is 273 g/mol. The molecule has 0 aliphatic heterocycles. The second-order valence-corrected chi connectivity index (χ2v) is 5.66. The van der Waals surface area contributed by atoms with Crippen LogP contribution in [0.1, 0.15) is 26.7 Å². The molecule has 1 aromatic rings. The second-order valence-electron chi connectivity index (χ2n) is 4.07. The van der Waals surface area contributed by atoms with E-state index in [4.69, 9.17) is 11.6 Å². The molecule has 1 N–H and O–H groups in total. The lowest BCUT2D eigenvalue weighted by Gasteiger charge is -2.19. The third-order valence-corrected chi connectivity index (χ3v) is 4.57. The molecule has 0 radical (unpaired) electrons. The van der Waals surface area contributed by atoms with Crippen LogP contribution in [0.2, 0.25) is 5.02 Å². The highest BCUT2D eigenvalue weighted by Crippen LogP contribution is 2.34. The smallest absolute Gasteiger partial charge is 0.317 e. The monoisotopic (exact) mass is 272 g/mol. The largest absolute Gasteiger partial charge is 0.480 e. The fourth-order valence-corrected chi connectivity index (χ4v) is 3.04. The van der Waals surface area contributed by atoms with E-state index in [1.54, 1.807) is 6.07 Å². The Bertz CT molecular complexity index is 381. The predicted molar refractivity (Wildman–Crippen MR) is 72.8 cm³/mol. The van der Waals surface area contributed by atoms with Gasteiger partial charge in [0, 0.05) is 4.90 Å². The molecule has 2 atom stereocenters. The number of hydrogen-bond donors (Lipinski definition) is 1. The predicted octanol–water partition coefficient (Wildman–Crippen LogP) is 4.32.